The van der Waals surface area contributed by atoms with Gasteiger partial charge in [0.1, 0.15) is 0 Å². The number of pyridine rings is 1. The molecule has 2 heterocycles. The Morgan fingerprint density at radius 1 is 1.07 bits per heavy atom. The van der Waals surface area contributed by atoms with Crippen molar-refractivity contribution in [3.8, 4) is 0 Å². The predicted octanol–water partition coefficient (Wildman–Crippen LogP) is 1.79. The van der Waals surface area contributed by atoms with E-state index in [4.69, 9.17) is 0 Å². The molecule has 3 rings (SSSR count). The Morgan fingerprint density at radius 2 is 1.74 bits per heavy atom. The first-order chi connectivity index (χ1) is 12.9. The molecule has 0 spiro atoms. The third-order valence-electron chi connectivity index (χ3n) is 5.51. The average molecular weight is 394 g/mol. The highest BCUT2D eigenvalue weighted by molar-refractivity contribution is 7.91. The van der Waals surface area contributed by atoms with Crippen molar-refractivity contribution in [2.75, 3.05) is 18.6 Å². The van der Waals surface area contributed by atoms with Crippen molar-refractivity contribution in [3.63, 3.8) is 0 Å². The van der Waals surface area contributed by atoms with Crippen LogP contribution in [0.1, 0.15) is 65.7 Å². The fourth-order valence-electron chi connectivity index (χ4n) is 3.82. The molecule has 2 amide bonds. The number of amides is 2. The van der Waals surface area contributed by atoms with E-state index in [-0.39, 0.29) is 35.4 Å². The first-order valence-electron chi connectivity index (χ1n) is 9.59. The van der Waals surface area contributed by atoms with Crippen LogP contribution in [0.15, 0.2) is 18.5 Å². The number of aromatic nitrogens is 1. The van der Waals surface area contributed by atoms with E-state index in [0.717, 1.165) is 25.7 Å². The van der Waals surface area contributed by atoms with Crippen LogP contribution in [0, 0.1) is 0 Å². The number of nitrogens with one attached hydrogen (secondary N) is 1. The van der Waals surface area contributed by atoms with Gasteiger partial charge in [0, 0.05) is 31.5 Å². The van der Waals surface area contributed by atoms with Crippen LogP contribution < -0.4 is 5.32 Å². The fraction of sp³-hybridized carbons (Fsp3) is 0.632. The molecule has 148 valence electrons. The maximum Gasteiger partial charge on any atom is 0.255 e. The van der Waals surface area contributed by atoms with Gasteiger partial charge >= 0.3 is 0 Å². The molecule has 0 aromatic carbocycles. The predicted molar refractivity (Wildman–Crippen MR) is 102 cm³/mol. The number of carbonyl (C=O) groups excluding carboxylic acids is 2. The second-order valence-electron chi connectivity index (χ2n) is 7.60. The van der Waals surface area contributed by atoms with Crippen molar-refractivity contribution in [3.05, 3.63) is 29.6 Å². The van der Waals surface area contributed by atoms with Crippen molar-refractivity contribution >= 4 is 21.7 Å². The summed E-state index contributed by atoms with van der Waals surface area (Å²) in [5.74, 6) is -0.425. The van der Waals surface area contributed by atoms with E-state index >= 15 is 0 Å². The second kappa shape index (κ2) is 8.37. The minimum atomic E-state index is -3.07. The fourth-order valence-corrected chi connectivity index (χ4v) is 5.60. The van der Waals surface area contributed by atoms with E-state index in [2.05, 4.69) is 10.3 Å². The van der Waals surface area contributed by atoms with Crippen LogP contribution in [-0.2, 0) is 9.84 Å². The molecule has 1 aliphatic heterocycles. The zero-order chi connectivity index (χ0) is 19.4. The Balaban J connectivity index is 1.67. The maximum absolute atomic E-state index is 12.7. The summed E-state index contributed by atoms with van der Waals surface area (Å²) in [6, 6.07) is 1.39. The number of carbonyl (C=O) groups is 2. The second-order valence-corrected chi connectivity index (χ2v) is 9.83. The van der Waals surface area contributed by atoms with Crippen LogP contribution in [-0.4, -0.2) is 60.8 Å². The molecule has 1 unspecified atom stereocenters. The molecule has 0 radical (unpaired) electrons. The monoisotopic (exact) mass is 393 g/mol. The van der Waals surface area contributed by atoms with Crippen molar-refractivity contribution in [1.82, 2.24) is 15.2 Å². The van der Waals surface area contributed by atoms with E-state index in [1.54, 1.807) is 13.1 Å². The molecule has 8 heteroatoms. The number of rotatable bonds is 4. The van der Waals surface area contributed by atoms with Crippen molar-refractivity contribution in [2.24, 2.45) is 0 Å². The summed E-state index contributed by atoms with van der Waals surface area (Å²) in [7, 11) is -1.47. The summed E-state index contributed by atoms with van der Waals surface area (Å²) >= 11 is 0. The number of hydrogen-bond donors (Lipinski definition) is 1. The van der Waals surface area contributed by atoms with Crippen molar-refractivity contribution in [2.45, 2.75) is 57.0 Å². The summed E-state index contributed by atoms with van der Waals surface area (Å²) in [5, 5.41) is 3.05. The van der Waals surface area contributed by atoms with Crippen LogP contribution in [0.3, 0.4) is 0 Å². The molecule has 1 aromatic heterocycles. The minimum absolute atomic E-state index is 0.00940. The molecule has 1 N–H and O–H groups in total. The molecule has 1 saturated carbocycles. The van der Waals surface area contributed by atoms with E-state index in [0.29, 0.717) is 17.5 Å². The highest BCUT2D eigenvalue weighted by Crippen LogP contribution is 2.20. The zero-order valence-corrected chi connectivity index (χ0v) is 16.5. The van der Waals surface area contributed by atoms with Crippen LogP contribution in [0.5, 0.6) is 0 Å². The van der Waals surface area contributed by atoms with Gasteiger partial charge in [-0.05, 0) is 25.3 Å². The summed E-state index contributed by atoms with van der Waals surface area (Å²) < 4.78 is 23.3. The molecule has 2 aliphatic rings. The van der Waals surface area contributed by atoms with Crippen molar-refractivity contribution in [1.29, 1.82) is 0 Å². The Labute approximate surface area is 160 Å². The highest BCUT2D eigenvalue weighted by atomic mass is 32.2. The van der Waals surface area contributed by atoms with Gasteiger partial charge in [-0.25, -0.2) is 8.42 Å². The molecule has 27 heavy (non-hydrogen) atoms. The van der Waals surface area contributed by atoms with E-state index in [9.17, 15) is 18.0 Å². The molecule has 1 saturated heterocycles. The van der Waals surface area contributed by atoms with E-state index < -0.39 is 9.84 Å². The number of sulfone groups is 1. The third kappa shape index (κ3) is 5.06. The molecular weight excluding hydrogens is 366 g/mol. The van der Waals surface area contributed by atoms with Crippen LogP contribution in [0.2, 0.25) is 0 Å². The van der Waals surface area contributed by atoms with Crippen LogP contribution in [0.25, 0.3) is 0 Å². The van der Waals surface area contributed by atoms with Crippen LogP contribution in [0.4, 0.5) is 0 Å². The van der Waals surface area contributed by atoms with Gasteiger partial charge in [-0.15, -0.1) is 0 Å². The van der Waals surface area contributed by atoms with Gasteiger partial charge < -0.3 is 10.2 Å². The molecule has 7 nitrogen and oxygen atoms in total. The lowest BCUT2D eigenvalue weighted by Gasteiger charge is -2.23. The summed E-state index contributed by atoms with van der Waals surface area (Å²) in [6.07, 6.45) is 9.96. The maximum atomic E-state index is 12.7. The summed E-state index contributed by atoms with van der Waals surface area (Å²) in [5.41, 5.74) is 0.660. The van der Waals surface area contributed by atoms with E-state index in [1.165, 1.54) is 30.1 Å². The normalized spacial score (nSPS) is 22.8. The summed E-state index contributed by atoms with van der Waals surface area (Å²) in [4.78, 5) is 30.8. The average Bonchev–Trinajstić information content (AvgIpc) is 2.84. The lowest BCUT2D eigenvalue weighted by atomic mass is 10.1. The molecule has 1 aromatic rings. The minimum Gasteiger partial charge on any atom is -0.349 e. The lowest BCUT2D eigenvalue weighted by molar-refractivity contribution is 0.0747. The first-order valence-corrected chi connectivity index (χ1v) is 11.4. The summed E-state index contributed by atoms with van der Waals surface area (Å²) in [6.45, 7) is 0. The SMILES string of the molecule is CN(C(=O)c1cncc(C(=O)NC2CCCCCC2)c1)C1CCS(=O)(=O)C1. The topological polar surface area (TPSA) is 96.4 Å². The molecule has 1 aliphatic carbocycles. The standard InChI is InChI=1S/C19H27N3O4S/c1-22(17-8-9-27(25,26)13-17)19(24)15-10-14(11-20-12-15)18(23)21-16-6-4-2-3-5-7-16/h10-12,16-17H,2-9,13H2,1H3,(H,21,23). The lowest BCUT2D eigenvalue weighted by Crippen LogP contribution is -2.38. The van der Waals surface area contributed by atoms with Gasteiger partial charge in [0.15, 0.2) is 9.84 Å². The molecule has 0 bridgehead atoms. The Kier molecular flexibility index (Phi) is 6.14. The van der Waals surface area contributed by atoms with Gasteiger partial charge in [-0.1, -0.05) is 25.7 Å². The molecule has 2 fully saturated rings. The molecule has 1 atom stereocenters. The zero-order valence-electron chi connectivity index (χ0n) is 15.7. The molecular formula is C19H27N3O4S. The van der Waals surface area contributed by atoms with Gasteiger partial charge in [0.05, 0.1) is 22.6 Å². The smallest absolute Gasteiger partial charge is 0.255 e. The van der Waals surface area contributed by atoms with E-state index in [1.807, 2.05) is 0 Å². The Morgan fingerprint density at radius 3 is 2.37 bits per heavy atom. The van der Waals surface area contributed by atoms with Gasteiger partial charge in [-0.3, -0.25) is 14.6 Å². The van der Waals surface area contributed by atoms with Gasteiger partial charge in [0.2, 0.25) is 0 Å². The largest absolute Gasteiger partial charge is 0.349 e. The third-order valence-corrected chi connectivity index (χ3v) is 7.26. The van der Waals surface area contributed by atoms with Gasteiger partial charge in [0.25, 0.3) is 11.8 Å². The first kappa shape index (κ1) is 19.8. The highest BCUT2D eigenvalue weighted by Gasteiger charge is 2.33. The Hall–Kier alpha value is -1.96. The Bertz CT molecular complexity index is 801. The van der Waals surface area contributed by atoms with Gasteiger partial charge in [-0.2, -0.15) is 0 Å². The quantitative estimate of drug-likeness (QED) is 0.787. The van der Waals surface area contributed by atoms with Crippen LogP contribution >= 0.6 is 0 Å². The number of nitrogens with zero attached hydrogens (tertiary/aromatic N) is 2. The number of hydrogen-bond acceptors (Lipinski definition) is 5. The van der Waals surface area contributed by atoms with Crippen molar-refractivity contribution < 1.29 is 18.0 Å².